The quantitative estimate of drug-likeness (QED) is 0.937. The van der Waals surface area contributed by atoms with Crippen molar-refractivity contribution in [2.45, 2.75) is 23.9 Å². The van der Waals surface area contributed by atoms with Crippen molar-refractivity contribution in [1.29, 1.82) is 0 Å². The fourth-order valence-corrected chi connectivity index (χ4v) is 2.97. The number of sulfonamides is 1. The van der Waals surface area contributed by atoms with Gasteiger partial charge in [-0.05, 0) is 36.1 Å². The number of benzene rings is 2. The monoisotopic (exact) mass is 329 g/mol. The van der Waals surface area contributed by atoms with Crippen molar-refractivity contribution < 1.29 is 21.6 Å². The highest BCUT2D eigenvalue weighted by atomic mass is 32.2. The summed E-state index contributed by atoms with van der Waals surface area (Å²) in [5.74, 6) is 0. The first kappa shape index (κ1) is 16.5. The van der Waals surface area contributed by atoms with E-state index in [1.807, 2.05) is 0 Å². The van der Waals surface area contributed by atoms with Gasteiger partial charge >= 0.3 is 6.18 Å². The molecule has 2 N–H and O–H groups in total. The van der Waals surface area contributed by atoms with Crippen LogP contribution in [0.15, 0.2) is 53.4 Å². The molecule has 0 saturated heterocycles. The van der Waals surface area contributed by atoms with E-state index in [-0.39, 0.29) is 17.7 Å². The third-order valence-electron chi connectivity index (χ3n) is 3.22. The lowest BCUT2D eigenvalue weighted by Crippen LogP contribution is -2.14. The Kier molecular flexibility index (Phi) is 4.58. The van der Waals surface area contributed by atoms with Crippen molar-refractivity contribution in [3.05, 3.63) is 65.2 Å². The standard InChI is InChI=1S/C15H14F3NO2S/c16-15(17,18)13-6-3-4-11(10-13)8-9-12-5-1-2-7-14(12)22(19,20)21/h1-7,10H,8-9H2,(H2,19,20,21). The molecule has 0 spiro atoms. The molecule has 3 nitrogen and oxygen atoms in total. The van der Waals surface area contributed by atoms with Gasteiger partial charge in [0.05, 0.1) is 10.5 Å². The Bertz CT molecular complexity index is 770. The molecule has 0 aliphatic carbocycles. The van der Waals surface area contributed by atoms with Crippen LogP contribution in [0.5, 0.6) is 0 Å². The van der Waals surface area contributed by atoms with E-state index in [1.165, 1.54) is 12.1 Å². The van der Waals surface area contributed by atoms with Crippen LogP contribution in [-0.4, -0.2) is 8.42 Å². The maximum Gasteiger partial charge on any atom is 0.416 e. The second-order valence-corrected chi connectivity index (χ2v) is 6.38. The Hall–Kier alpha value is -1.86. The number of hydrogen-bond acceptors (Lipinski definition) is 2. The van der Waals surface area contributed by atoms with E-state index >= 15 is 0 Å². The van der Waals surface area contributed by atoms with Crippen LogP contribution >= 0.6 is 0 Å². The largest absolute Gasteiger partial charge is 0.416 e. The lowest BCUT2D eigenvalue weighted by molar-refractivity contribution is -0.137. The summed E-state index contributed by atoms with van der Waals surface area (Å²) >= 11 is 0. The highest BCUT2D eigenvalue weighted by Crippen LogP contribution is 2.29. The van der Waals surface area contributed by atoms with Gasteiger partial charge in [0, 0.05) is 0 Å². The van der Waals surface area contributed by atoms with Crippen LogP contribution < -0.4 is 5.14 Å². The summed E-state index contributed by atoms with van der Waals surface area (Å²) in [5, 5.41) is 5.13. The minimum Gasteiger partial charge on any atom is -0.225 e. The zero-order valence-corrected chi connectivity index (χ0v) is 12.3. The van der Waals surface area contributed by atoms with Crippen molar-refractivity contribution >= 4 is 10.0 Å². The molecule has 2 aromatic rings. The molecule has 2 aromatic carbocycles. The van der Waals surface area contributed by atoms with Crippen molar-refractivity contribution in [2.75, 3.05) is 0 Å². The molecule has 0 radical (unpaired) electrons. The Balaban J connectivity index is 2.22. The fourth-order valence-electron chi connectivity index (χ4n) is 2.17. The summed E-state index contributed by atoms with van der Waals surface area (Å²) in [5.41, 5.74) is 0.256. The van der Waals surface area contributed by atoms with Gasteiger partial charge in [0.15, 0.2) is 0 Å². The molecule has 0 unspecified atom stereocenters. The summed E-state index contributed by atoms with van der Waals surface area (Å²) in [6.07, 6.45) is -3.82. The van der Waals surface area contributed by atoms with Crippen LogP contribution in [-0.2, 0) is 29.0 Å². The number of hydrogen-bond donors (Lipinski definition) is 1. The Morgan fingerprint density at radius 3 is 2.27 bits per heavy atom. The number of alkyl halides is 3. The summed E-state index contributed by atoms with van der Waals surface area (Å²) in [7, 11) is -3.85. The number of rotatable bonds is 4. The van der Waals surface area contributed by atoms with Gasteiger partial charge in [-0.1, -0.05) is 36.4 Å². The van der Waals surface area contributed by atoms with Crippen LogP contribution in [0.3, 0.4) is 0 Å². The van der Waals surface area contributed by atoms with Gasteiger partial charge in [0.25, 0.3) is 0 Å². The van der Waals surface area contributed by atoms with E-state index in [9.17, 15) is 21.6 Å². The van der Waals surface area contributed by atoms with Gasteiger partial charge in [0.2, 0.25) is 10.0 Å². The summed E-state index contributed by atoms with van der Waals surface area (Å²) in [4.78, 5) is 0.00183. The predicted octanol–water partition coefficient (Wildman–Crippen LogP) is 3.14. The maximum atomic E-state index is 12.7. The Morgan fingerprint density at radius 2 is 1.64 bits per heavy atom. The topological polar surface area (TPSA) is 60.2 Å². The van der Waals surface area contributed by atoms with E-state index in [2.05, 4.69) is 0 Å². The number of primary sulfonamides is 1. The molecule has 118 valence electrons. The van der Waals surface area contributed by atoms with Crippen LogP contribution in [0.4, 0.5) is 13.2 Å². The molecule has 2 rings (SSSR count). The van der Waals surface area contributed by atoms with E-state index in [4.69, 9.17) is 5.14 Å². The number of nitrogens with two attached hydrogens (primary N) is 1. The Labute approximate surface area is 126 Å². The lowest BCUT2D eigenvalue weighted by atomic mass is 10.0. The van der Waals surface area contributed by atoms with Crippen LogP contribution in [0.1, 0.15) is 16.7 Å². The molecule has 0 bridgehead atoms. The second-order valence-electron chi connectivity index (χ2n) is 4.85. The molecule has 0 atom stereocenters. The molecule has 0 aliphatic heterocycles. The molecule has 0 saturated carbocycles. The van der Waals surface area contributed by atoms with Crippen LogP contribution in [0.25, 0.3) is 0 Å². The molecule has 0 aliphatic rings. The maximum absolute atomic E-state index is 12.7. The number of halogens is 3. The first-order valence-electron chi connectivity index (χ1n) is 6.45. The molecule has 0 heterocycles. The molecule has 0 amide bonds. The van der Waals surface area contributed by atoms with E-state index in [1.54, 1.807) is 24.3 Å². The lowest BCUT2D eigenvalue weighted by Gasteiger charge is -2.10. The van der Waals surface area contributed by atoms with E-state index < -0.39 is 21.8 Å². The SMILES string of the molecule is NS(=O)(=O)c1ccccc1CCc1cccc(C(F)(F)F)c1. The molecular formula is C15H14F3NO2S. The van der Waals surface area contributed by atoms with Crippen molar-refractivity contribution in [1.82, 2.24) is 0 Å². The fraction of sp³-hybridized carbons (Fsp3) is 0.200. The smallest absolute Gasteiger partial charge is 0.225 e. The van der Waals surface area contributed by atoms with Gasteiger partial charge < -0.3 is 0 Å². The van der Waals surface area contributed by atoms with Crippen molar-refractivity contribution in [3.8, 4) is 0 Å². The summed E-state index contributed by atoms with van der Waals surface area (Å²) in [6.45, 7) is 0. The highest BCUT2D eigenvalue weighted by Gasteiger charge is 2.30. The third-order valence-corrected chi connectivity index (χ3v) is 4.23. The first-order valence-corrected chi connectivity index (χ1v) is 7.99. The van der Waals surface area contributed by atoms with Gasteiger partial charge in [-0.15, -0.1) is 0 Å². The predicted molar refractivity (Wildman–Crippen MR) is 76.7 cm³/mol. The minimum absolute atomic E-state index is 0.00183. The van der Waals surface area contributed by atoms with Crippen molar-refractivity contribution in [2.24, 2.45) is 5.14 Å². The average molecular weight is 329 g/mol. The van der Waals surface area contributed by atoms with Crippen LogP contribution in [0, 0.1) is 0 Å². The minimum atomic E-state index is -4.39. The molecule has 0 aromatic heterocycles. The first-order chi connectivity index (χ1) is 10.2. The van der Waals surface area contributed by atoms with Gasteiger partial charge in [-0.3, -0.25) is 0 Å². The molecular weight excluding hydrogens is 315 g/mol. The summed E-state index contributed by atoms with van der Waals surface area (Å²) < 4.78 is 60.9. The number of aryl methyl sites for hydroxylation is 2. The van der Waals surface area contributed by atoms with Gasteiger partial charge in [-0.25, -0.2) is 13.6 Å². The van der Waals surface area contributed by atoms with E-state index in [0.717, 1.165) is 12.1 Å². The molecule has 22 heavy (non-hydrogen) atoms. The summed E-state index contributed by atoms with van der Waals surface area (Å²) in [6, 6.07) is 11.2. The zero-order valence-electron chi connectivity index (χ0n) is 11.5. The van der Waals surface area contributed by atoms with Gasteiger partial charge in [-0.2, -0.15) is 13.2 Å². The highest BCUT2D eigenvalue weighted by molar-refractivity contribution is 7.89. The second kappa shape index (κ2) is 6.10. The van der Waals surface area contributed by atoms with Crippen molar-refractivity contribution in [3.63, 3.8) is 0 Å². The normalized spacial score (nSPS) is 12.4. The van der Waals surface area contributed by atoms with Gasteiger partial charge in [0.1, 0.15) is 0 Å². The average Bonchev–Trinajstić information content (AvgIpc) is 2.44. The zero-order chi connectivity index (χ0) is 16.4. The van der Waals surface area contributed by atoms with Crippen LogP contribution in [0.2, 0.25) is 0 Å². The third kappa shape index (κ3) is 4.08. The molecule has 0 fully saturated rings. The van der Waals surface area contributed by atoms with E-state index in [0.29, 0.717) is 11.1 Å². The molecule has 7 heteroatoms. The Morgan fingerprint density at radius 1 is 0.955 bits per heavy atom.